The number of fused-ring (bicyclic) bond motifs is 4. The Labute approximate surface area is 372 Å². The molecule has 1 unspecified atom stereocenters. The summed E-state index contributed by atoms with van der Waals surface area (Å²) in [6.07, 6.45) is 7.19. The summed E-state index contributed by atoms with van der Waals surface area (Å²) in [5.41, 5.74) is 15.2. The van der Waals surface area contributed by atoms with Crippen LogP contribution in [-0.4, -0.2) is 65.9 Å². The minimum absolute atomic E-state index is 0.241. The second kappa shape index (κ2) is 15.9. The Hall–Kier alpha value is -8.08. The Kier molecular flexibility index (Phi) is 9.45. The van der Waals surface area contributed by atoms with Gasteiger partial charge in [-0.1, -0.05) is 36.4 Å². The van der Waals surface area contributed by atoms with Crippen LogP contribution in [0.25, 0.3) is 67.8 Å². The lowest BCUT2D eigenvalue weighted by Gasteiger charge is -2.13. The number of benzene rings is 2. The van der Waals surface area contributed by atoms with Crippen molar-refractivity contribution in [3.05, 3.63) is 156 Å². The standard InChI is InChI=1S/C49H42N14O2/c1-28-6-5-9-37(56-28)48-47(59-43(61-48)23-51-36-14-11-31-7-3-4-8-35(31)36)33-19-39(63-45(20-33)53-26-55-63)34-13-15-38(57-29(34)2)49-46(32-12-17-44-52-25-54-62(44)24-32)58-42(60-49)22-50-21-30-10-16-40-41(18-30)65-27-64-40/h3-10,12-13,15-20,24-26,36,50-51H,11,14,21-23,27H2,1-2H3,(H,58,60)(H,59,61). The van der Waals surface area contributed by atoms with Gasteiger partial charge in [0.2, 0.25) is 6.79 Å². The summed E-state index contributed by atoms with van der Waals surface area (Å²) in [6, 6.07) is 33.2. The first kappa shape index (κ1) is 38.6. The Morgan fingerprint density at radius 1 is 0.692 bits per heavy atom. The van der Waals surface area contributed by atoms with Gasteiger partial charge in [-0.3, -0.25) is 9.97 Å². The van der Waals surface area contributed by atoms with Crippen LogP contribution >= 0.6 is 0 Å². The molecule has 16 nitrogen and oxygen atoms in total. The molecule has 2 aromatic carbocycles. The third-order valence-corrected chi connectivity index (χ3v) is 12.2. The third kappa shape index (κ3) is 7.23. The molecule has 0 saturated carbocycles. The summed E-state index contributed by atoms with van der Waals surface area (Å²) in [4.78, 5) is 36.7. The van der Waals surface area contributed by atoms with E-state index in [1.54, 1.807) is 17.2 Å². The number of ether oxygens (including phenoxy) is 2. The Morgan fingerprint density at radius 3 is 2.40 bits per heavy atom. The molecule has 12 rings (SSSR count). The number of aromatic amines is 2. The summed E-state index contributed by atoms with van der Waals surface area (Å²) >= 11 is 0. The first-order valence-electron chi connectivity index (χ1n) is 21.6. The lowest BCUT2D eigenvalue weighted by molar-refractivity contribution is 0.174. The molecule has 0 spiro atoms. The van der Waals surface area contributed by atoms with Crippen LogP contribution in [-0.2, 0) is 26.1 Å². The predicted octanol–water partition coefficient (Wildman–Crippen LogP) is 7.76. The maximum Gasteiger partial charge on any atom is 0.231 e. The van der Waals surface area contributed by atoms with Gasteiger partial charge in [0.15, 0.2) is 22.8 Å². The zero-order valence-electron chi connectivity index (χ0n) is 35.6. The monoisotopic (exact) mass is 858 g/mol. The lowest BCUT2D eigenvalue weighted by atomic mass is 10.0. The number of pyridine rings is 4. The fourth-order valence-electron chi connectivity index (χ4n) is 9.03. The van der Waals surface area contributed by atoms with Gasteiger partial charge < -0.3 is 30.1 Å². The minimum Gasteiger partial charge on any atom is -0.454 e. The van der Waals surface area contributed by atoms with E-state index in [1.165, 1.54) is 11.1 Å². The van der Waals surface area contributed by atoms with Gasteiger partial charge >= 0.3 is 0 Å². The van der Waals surface area contributed by atoms with Gasteiger partial charge in [-0.05, 0) is 104 Å². The predicted molar refractivity (Wildman–Crippen MR) is 244 cm³/mol. The van der Waals surface area contributed by atoms with Gasteiger partial charge in [-0.2, -0.15) is 10.2 Å². The highest BCUT2D eigenvalue weighted by molar-refractivity contribution is 5.83. The second-order valence-corrected chi connectivity index (χ2v) is 16.4. The van der Waals surface area contributed by atoms with E-state index >= 15 is 0 Å². The van der Waals surface area contributed by atoms with Crippen molar-refractivity contribution < 1.29 is 9.47 Å². The number of hydrogen-bond acceptors (Lipinski definition) is 12. The van der Waals surface area contributed by atoms with Crippen molar-refractivity contribution in [1.29, 1.82) is 0 Å². The number of aromatic nitrogens is 12. The first-order chi connectivity index (χ1) is 32.0. The molecule has 320 valence electrons. The van der Waals surface area contributed by atoms with Crippen molar-refractivity contribution in [1.82, 2.24) is 69.7 Å². The molecule has 1 atom stereocenters. The highest BCUT2D eigenvalue weighted by Crippen LogP contribution is 2.37. The van der Waals surface area contributed by atoms with E-state index in [0.29, 0.717) is 36.7 Å². The first-order valence-corrected chi connectivity index (χ1v) is 21.6. The second-order valence-electron chi connectivity index (χ2n) is 16.4. The van der Waals surface area contributed by atoms with Crippen LogP contribution in [0.4, 0.5) is 0 Å². The number of aryl methyl sites for hydroxylation is 3. The van der Waals surface area contributed by atoms with Crippen LogP contribution in [0.5, 0.6) is 11.5 Å². The van der Waals surface area contributed by atoms with Crippen molar-refractivity contribution in [3.8, 4) is 68.0 Å². The molecule has 2 aliphatic rings. The zero-order valence-corrected chi connectivity index (χ0v) is 35.6. The van der Waals surface area contributed by atoms with Gasteiger partial charge in [0.25, 0.3) is 0 Å². The lowest BCUT2D eigenvalue weighted by Crippen LogP contribution is -2.19. The summed E-state index contributed by atoms with van der Waals surface area (Å²) in [5, 5.41) is 16.4. The average molecular weight is 859 g/mol. The molecule has 16 heteroatoms. The molecular formula is C49H42N14O2. The van der Waals surface area contributed by atoms with Crippen molar-refractivity contribution in [3.63, 3.8) is 0 Å². The maximum atomic E-state index is 5.59. The van der Waals surface area contributed by atoms with E-state index in [0.717, 1.165) is 104 Å². The molecule has 65 heavy (non-hydrogen) atoms. The van der Waals surface area contributed by atoms with E-state index in [4.69, 9.17) is 29.4 Å². The molecule has 4 N–H and O–H groups in total. The minimum atomic E-state index is 0.241. The Bertz CT molecular complexity index is 3420. The van der Waals surface area contributed by atoms with Crippen LogP contribution in [0.1, 0.15) is 52.2 Å². The van der Waals surface area contributed by atoms with Crippen LogP contribution in [0.3, 0.4) is 0 Å². The average Bonchev–Trinajstić information content (AvgIpc) is 4.19. The maximum absolute atomic E-state index is 5.59. The van der Waals surface area contributed by atoms with E-state index < -0.39 is 0 Å². The number of imidazole rings is 2. The van der Waals surface area contributed by atoms with E-state index in [9.17, 15) is 0 Å². The summed E-state index contributed by atoms with van der Waals surface area (Å²) < 4.78 is 14.7. The molecule has 0 saturated heterocycles. The Morgan fingerprint density at radius 2 is 1.51 bits per heavy atom. The van der Waals surface area contributed by atoms with E-state index in [-0.39, 0.29) is 12.8 Å². The molecule has 0 bridgehead atoms. The van der Waals surface area contributed by atoms with Crippen molar-refractivity contribution in [2.75, 3.05) is 6.79 Å². The summed E-state index contributed by atoms with van der Waals surface area (Å²) in [5.74, 6) is 3.10. The zero-order chi connectivity index (χ0) is 43.4. The summed E-state index contributed by atoms with van der Waals surface area (Å²) in [6.45, 7) is 5.92. The number of H-pyrrole nitrogens is 2. The number of nitrogens with zero attached hydrogens (tertiary/aromatic N) is 10. The van der Waals surface area contributed by atoms with Crippen molar-refractivity contribution >= 4 is 11.3 Å². The Balaban J connectivity index is 0.888. The number of rotatable bonds is 12. The van der Waals surface area contributed by atoms with Gasteiger partial charge in [-0.25, -0.2) is 29.0 Å². The molecule has 8 aromatic heterocycles. The highest BCUT2D eigenvalue weighted by Gasteiger charge is 2.24. The normalized spacial score (nSPS) is 14.2. The van der Waals surface area contributed by atoms with Crippen LogP contribution in [0, 0.1) is 13.8 Å². The van der Waals surface area contributed by atoms with Crippen molar-refractivity contribution in [2.45, 2.75) is 52.4 Å². The molecular weight excluding hydrogens is 817 g/mol. The van der Waals surface area contributed by atoms with E-state index in [1.807, 2.05) is 85.2 Å². The van der Waals surface area contributed by atoms with Gasteiger partial charge in [-0.15, -0.1) is 0 Å². The van der Waals surface area contributed by atoms with Crippen LogP contribution in [0.2, 0.25) is 0 Å². The smallest absolute Gasteiger partial charge is 0.231 e. The van der Waals surface area contributed by atoms with Crippen LogP contribution < -0.4 is 20.1 Å². The SMILES string of the molecule is Cc1cccc(-c2nc(CNC3CCc4ccccc43)[nH]c2-c2cc(-c3ccc(-c4nc(CNCc5ccc6c(c5)OCO6)[nH]c4-c4ccc5ncnn5c4)nc3C)n3ncnc3c2)n1. The molecule has 1 aliphatic carbocycles. The molecule has 0 fully saturated rings. The molecule has 10 aromatic rings. The fourth-order valence-corrected chi connectivity index (χ4v) is 9.03. The van der Waals surface area contributed by atoms with Crippen molar-refractivity contribution in [2.24, 2.45) is 0 Å². The molecule has 9 heterocycles. The molecule has 0 amide bonds. The molecule has 0 radical (unpaired) electrons. The largest absolute Gasteiger partial charge is 0.454 e. The van der Waals surface area contributed by atoms with Gasteiger partial charge in [0.05, 0.1) is 41.6 Å². The van der Waals surface area contributed by atoms with Gasteiger partial charge in [0, 0.05) is 46.9 Å². The van der Waals surface area contributed by atoms with Crippen LogP contribution in [0.15, 0.2) is 116 Å². The quantitative estimate of drug-likeness (QED) is 0.0938. The number of nitrogens with one attached hydrogen (secondary N) is 4. The van der Waals surface area contributed by atoms with Gasteiger partial charge in [0.1, 0.15) is 35.7 Å². The molecule has 1 aliphatic heterocycles. The highest BCUT2D eigenvalue weighted by atomic mass is 16.7. The fraction of sp³-hybridized carbons (Fsp3) is 0.184. The van der Waals surface area contributed by atoms with E-state index in [2.05, 4.69) is 77.2 Å². The summed E-state index contributed by atoms with van der Waals surface area (Å²) in [7, 11) is 0. The number of hydrogen-bond donors (Lipinski definition) is 4. The third-order valence-electron chi connectivity index (χ3n) is 12.2. The topological polar surface area (TPSA) is 186 Å².